The van der Waals surface area contributed by atoms with Crippen LogP contribution >= 0.6 is 0 Å². The number of amides is 1. The van der Waals surface area contributed by atoms with Crippen molar-refractivity contribution in [1.29, 1.82) is 0 Å². The number of carbonyl (C=O) groups is 1. The molecule has 1 amide bonds. The quantitative estimate of drug-likeness (QED) is 0.483. The molecule has 4 aromatic rings. The van der Waals surface area contributed by atoms with E-state index in [0.29, 0.717) is 19.7 Å². The van der Waals surface area contributed by atoms with E-state index in [4.69, 9.17) is 4.74 Å². The van der Waals surface area contributed by atoms with Crippen molar-refractivity contribution in [2.24, 2.45) is 0 Å². The molecule has 1 aromatic heterocycles. The van der Waals surface area contributed by atoms with Gasteiger partial charge in [0, 0.05) is 18.1 Å². The number of carbonyl (C=O) groups excluding carboxylic acids is 1. The van der Waals surface area contributed by atoms with Gasteiger partial charge in [0.2, 0.25) is 5.91 Å². The number of benzene rings is 3. The third-order valence-corrected chi connectivity index (χ3v) is 4.90. The predicted molar refractivity (Wildman–Crippen MR) is 116 cm³/mol. The summed E-state index contributed by atoms with van der Waals surface area (Å²) in [6.07, 6.45) is 2.77. The highest BCUT2D eigenvalue weighted by Crippen LogP contribution is 2.27. The number of hydrogen-bond acceptors (Lipinski definition) is 2. The molecule has 0 aliphatic rings. The van der Waals surface area contributed by atoms with Crippen molar-refractivity contribution >= 4 is 16.8 Å². The third kappa shape index (κ3) is 4.85. The SMILES string of the molecule is O=C(Cn1ccc2c(OCc3ccccc3)cccc21)NCCc1ccccc1. The molecule has 146 valence electrons. The Morgan fingerprint density at radius 1 is 0.828 bits per heavy atom. The van der Waals surface area contributed by atoms with E-state index in [1.165, 1.54) is 5.56 Å². The van der Waals surface area contributed by atoms with Gasteiger partial charge in [0.05, 0.1) is 5.52 Å². The van der Waals surface area contributed by atoms with Crippen LogP contribution in [0.25, 0.3) is 10.9 Å². The molecule has 1 heterocycles. The minimum Gasteiger partial charge on any atom is -0.488 e. The lowest BCUT2D eigenvalue weighted by molar-refractivity contribution is -0.121. The fourth-order valence-corrected chi connectivity index (χ4v) is 3.40. The lowest BCUT2D eigenvalue weighted by Crippen LogP contribution is -2.29. The molecule has 4 rings (SSSR count). The van der Waals surface area contributed by atoms with E-state index in [9.17, 15) is 4.79 Å². The van der Waals surface area contributed by atoms with Crippen molar-refractivity contribution in [3.63, 3.8) is 0 Å². The molecule has 0 fully saturated rings. The summed E-state index contributed by atoms with van der Waals surface area (Å²) in [4.78, 5) is 12.4. The lowest BCUT2D eigenvalue weighted by Gasteiger charge is -2.10. The van der Waals surface area contributed by atoms with Crippen LogP contribution in [0.15, 0.2) is 91.1 Å². The largest absolute Gasteiger partial charge is 0.488 e. The highest BCUT2D eigenvalue weighted by molar-refractivity contribution is 5.88. The average molecular weight is 384 g/mol. The Hall–Kier alpha value is -3.53. The minimum atomic E-state index is 0.00837. The fourth-order valence-electron chi connectivity index (χ4n) is 3.40. The molecule has 0 aliphatic carbocycles. The number of rotatable bonds is 8. The van der Waals surface area contributed by atoms with Crippen LogP contribution in [0.3, 0.4) is 0 Å². The number of hydrogen-bond donors (Lipinski definition) is 1. The van der Waals surface area contributed by atoms with Crippen molar-refractivity contribution in [2.45, 2.75) is 19.6 Å². The number of nitrogens with zero attached hydrogens (tertiary/aromatic N) is 1. The van der Waals surface area contributed by atoms with Gasteiger partial charge in [-0.25, -0.2) is 0 Å². The number of aromatic nitrogens is 1. The minimum absolute atomic E-state index is 0.00837. The Balaban J connectivity index is 1.37. The van der Waals surface area contributed by atoms with Gasteiger partial charge in [0.1, 0.15) is 18.9 Å². The monoisotopic (exact) mass is 384 g/mol. The molecule has 0 saturated heterocycles. The Morgan fingerprint density at radius 3 is 2.31 bits per heavy atom. The molecule has 4 nitrogen and oxygen atoms in total. The van der Waals surface area contributed by atoms with Gasteiger partial charge < -0.3 is 14.6 Å². The van der Waals surface area contributed by atoms with E-state index in [1.54, 1.807) is 0 Å². The maximum absolute atomic E-state index is 12.4. The van der Waals surface area contributed by atoms with E-state index in [2.05, 4.69) is 17.4 Å². The molecule has 0 bridgehead atoms. The van der Waals surface area contributed by atoms with E-state index in [1.807, 2.05) is 83.6 Å². The Labute approximate surface area is 170 Å². The number of fused-ring (bicyclic) bond motifs is 1. The highest BCUT2D eigenvalue weighted by Gasteiger charge is 2.09. The first-order chi connectivity index (χ1) is 14.3. The molecule has 0 saturated carbocycles. The van der Waals surface area contributed by atoms with Crippen LogP contribution in [0.1, 0.15) is 11.1 Å². The lowest BCUT2D eigenvalue weighted by atomic mass is 10.1. The van der Waals surface area contributed by atoms with Gasteiger partial charge in [-0.2, -0.15) is 0 Å². The van der Waals surface area contributed by atoms with Crippen molar-refractivity contribution in [3.8, 4) is 5.75 Å². The maximum Gasteiger partial charge on any atom is 0.239 e. The zero-order valence-corrected chi connectivity index (χ0v) is 16.3. The molecule has 4 heteroatoms. The van der Waals surface area contributed by atoms with Gasteiger partial charge in [0.25, 0.3) is 0 Å². The predicted octanol–water partition coefficient (Wildman–Crippen LogP) is 4.58. The van der Waals surface area contributed by atoms with Gasteiger partial charge in [-0.15, -0.1) is 0 Å². The molecule has 0 unspecified atom stereocenters. The van der Waals surface area contributed by atoms with E-state index in [-0.39, 0.29) is 5.91 Å². The summed E-state index contributed by atoms with van der Waals surface area (Å²) >= 11 is 0. The van der Waals surface area contributed by atoms with E-state index < -0.39 is 0 Å². The molecule has 0 atom stereocenters. The standard InChI is InChI=1S/C25H24N2O2/c28-25(26-16-14-20-8-3-1-4-9-20)18-27-17-15-22-23(27)12-7-13-24(22)29-19-21-10-5-2-6-11-21/h1-13,15,17H,14,16,18-19H2,(H,26,28). The fraction of sp³-hybridized carbons (Fsp3) is 0.160. The summed E-state index contributed by atoms with van der Waals surface area (Å²) in [6.45, 7) is 1.44. The summed E-state index contributed by atoms with van der Waals surface area (Å²) in [5.74, 6) is 0.837. The van der Waals surface area contributed by atoms with Gasteiger partial charge in [-0.3, -0.25) is 4.79 Å². The molecule has 1 N–H and O–H groups in total. The summed E-state index contributed by atoms with van der Waals surface area (Å²) in [5, 5.41) is 4.02. The highest BCUT2D eigenvalue weighted by atomic mass is 16.5. The first-order valence-electron chi connectivity index (χ1n) is 9.85. The molecule has 3 aromatic carbocycles. The second kappa shape index (κ2) is 9.11. The molecule has 29 heavy (non-hydrogen) atoms. The van der Waals surface area contributed by atoms with E-state index >= 15 is 0 Å². The molecule has 0 aliphatic heterocycles. The normalized spacial score (nSPS) is 10.8. The zero-order valence-electron chi connectivity index (χ0n) is 16.3. The van der Waals surface area contributed by atoms with Crippen LogP contribution in [-0.2, 0) is 24.4 Å². The number of ether oxygens (including phenoxy) is 1. The van der Waals surface area contributed by atoms with Crippen LogP contribution in [0.4, 0.5) is 0 Å². The van der Waals surface area contributed by atoms with Crippen LogP contribution in [-0.4, -0.2) is 17.0 Å². The van der Waals surface area contributed by atoms with Crippen molar-refractivity contribution < 1.29 is 9.53 Å². The molecule has 0 spiro atoms. The zero-order chi connectivity index (χ0) is 19.9. The van der Waals surface area contributed by atoms with Crippen LogP contribution in [0, 0.1) is 0 Å². The smallest absolute Gasteiger partial charge is 0.239 e. The Bertz CT molecular complexity index is 1070. The second-order valence-corrected chi connectivity index (χ2v) is 6.99. The topological polar surface area (TPSA) is 43.3 Å². The summed E-state index contributed by atoms with van der Waals surface area (Å²) in [6, 6.07) is 28.2. The van der Waals surface area contributed by atoms with Gasteiger partial charge in [-0.1, -0.05) is 66.7 Å². The van der Waals surface area contributed by atoms with Crippen LogP contribution in [0.5, 0.6) is 5.75 Å². The van der Waals surface area contributed by atoms with Gasteiger partial charge in [-0.05, 0) is 35.7 Å². The summed E-state index contributed by atoms with van der Waals surface area (Å²) in [5.41, 5.74) is 3.34. The first kappa shape index (κ1) is 18.8. The van der Waals surface area contributed by atoms with E-state index in [0.717, 1.165) is 28.6 Å². The summed E-state index contributed by atoms with van der Waals surface area (Å²) < 4.78 is 7.98. The second-order valence-electron chi connectivity index (χ2n) is 6.99. The van der Waals surface area contributed by atoms with Crippen molar-refractivity contribution in [1.82, 2.24) is 9.88 Å². The van der Waals surface area contributed by atoms with Gasteiger partial charge in [0.15, 0.2) is 0 Å². The van der Waals surface area contributed by atoms with Crippen molar-refractivity contribution in [3.05, 3.63) is 102 Å². The van der Waals surface area contributed by atoms with Crippen molar-refractivity contribution in [2.75, 3.05) is 6.54 Å². The molecule has 0 radical (unpaired) electrons. The average Bonchev–Trinajstić information content (AvgIpc) is 3.17. The Kier molecular flexibility index (Phi) is 5.91. The van der Waals surface area contributed by atoms with Gasteiger partial charge >= 0.3 is 0 Å². The van der Waals surface area contributed by atoms with Crippen LogP contribution in [0.2, 0.25) is 0 Å². The first-order valence-corrected chi connectivity index (χ1v) is 9.85. The maximum atomic E-state index is 12.4. The summed E-state index contributed by atoms with van der Waals surface area (Å²) in [7, 11) is 0. The molecular formula is C25H24N2O2. The Morgan fingerprint density at radius 2 is 1.55 bits per heavy atom. The number of nitrogens with one attached hydrogen (secondary N) is 1. The molecular weight excluding hydrogens is 360 g/mol. The third-order valence-electron chi connectivity index (χ3n) is 4.90. The van der Waals surface area contributed by atoms with Crippen LogP contribution < -0.4 is 10.1 Å².